The van der Waals surface area contributed by atoms with Crippen LogP contribution in [0.2, 0.25) is 0 Å². The van der Waals surface area contributed by atoms with Gasteiger partial charge in [0.2, 0.25) is 0 Å². The van der Waals surface area contributed by atoms with Crippen LogP contribution in [0.3, 0.4) is 0 Å². The number of quaternary nitrogens is 1. The van der Waals surface area contributed by atoms with Gasteiger partial charge in [0.25, 0.3) is 0 Å². The van der Waals surface area contributed by atoms with E-state index in [2.05, 4.69) is 7.05 Å². The fraction of sp³-hybridized carbons (Fsp3) is 1.00. The molecule has 0 aromatic rings. The molecule has 1 saturated carbocycles. The van der Waals surface area contributed by atoms with Crippen LogP contribution in [-0.4, -0.2) is 32.8 Å². The Balaban J connectivity index is 2.05. The molecule has 0 aromatic heterocycles. The predicted octanol–water partition coefficient (Wildman–Crippen LogP) is 0.479. The Morgan fingerprint density at radius 3 is 2.69 bits per heavy atom. The van der Waals surface area contributed by atoms with E-state index in [4.69, 9.17) is 4.74 Å². The van der Waals surface area contributed by atoms with E-state index in [1.54, 1.807) is 4.90 Å². The Morgan fingerprint density at radius 1 is 1.15 bits per heavy atom. The molecule has 4 atom stereocenters. The van der Waals surface area contributed by atoms with Gasteiger partial charge in [-0.05, 0) is 19.3 Å². The van der Waals surface area contributed by atoms with Gasteiger partial charge in [-0.25, -0.2) is 0 Å². The number of likely N-dealkylation sites (tertiary alicyclic amines) is 1. The summed E-state index contributed by atoms with van der Waals surface area (Å²) < 4.78 is 5.60. The van der Waals surface area contributed by atoms with E-state index < -0.39 is 0 Å². The van der Waals surface area contributed by atoms with Crippen molar-refractivity contribution in [3.05, 3.63) is 0 Å². The maximum Gasteiger partial charge on any atom is 0.0926 e. The third-order valence-electron chi connectivity index (χ3n) is 4.06. The molecule has 13 heavy (non-hydrogen) atoms. The molecule has 0 amide bonds. The minimum absolute atomic E-state index is 0.564. The van der Waals surface area contributed by atoms with Crippen LogP contribution in [0.25, 0.3) is 0 Å². The van der Waals surface area contributed by atoms with Crippen LogP contribution in [0, 0.1) is 5.92 Å². The van der Waals surface area contributed by atoms with Gasteiger partial charge in [-0.2, -0.15) is 0 Å². The fourth-order valence-electron chi connectivity index (χ4n) is 3.28. The molecule has 2 heteroatoms. The lowest BCUT2D eigenvalue weighted by Crippen LogP contribution is -3.15. The minimum Gasteiger partial charge on any atom is -0.381 e. The van der Waals surface area contributed by atoms with Gasteiger partial charge in [0.1, 0.15) is 0 Å². The van der Waals surface area contributed by atoms with Crippen molar-refractivity contribution in [2.75, 3.05) is 20.7 Å². The average molecular weight is 184 g/mol. The number of methoxy groups -OCH3 is 1. The predicted molar refractivity (Wildman–Crippen MR) is 52.9 cm³/mol. The first-order valence-electron chi connectivity index (χ1n) is 5.68. The zero-order chi connectivity index (χ0) is 9.26. The molecule has 2 aliphatic rings. The highest BCUT2D eigenvalue weighted by Crippen LogP contribution is 2.29. The van der Waals surface area contributed by atoms with Crippen LogP contribution in [0.15, 0.2) is 0 Å². The second-order valence-electron chi connectivity index (χ2n) is 4.71. The quantitative estimate of drug-likeness (QED) is 0.626. The summed E-state index contributed by atoms with van der Waals surface area (Å²) in [7, 11) is 4.24. The first-order chi connectivity index (χ1) is 6.33. The standard InChI is InChI=1S/C11H21NO/c1-12-8-7-11(13-2)9-5-3-4-6-10(9)12/h9-11H,3-8H2,1-2H3/p+1. The van der Waals surface area contributed by atoms with E-state index >= 15 is 0 Å². The summed E-state index contributed by atoms with van der Waals surface area (Å²) in [6.45, 7) is 1.31. The SMILES string of the molecule is COC1CC[NH+](C)C2CCCCC12. The van der Waals surface area contributed by atoms with Gasteiger partial charge < -0.3 is 9.64 Å². The minimum atomic E-state index is 0.564. The van der Waals surface area contributed by atoms with Crippen LogP contribution in [0.5, 0.6) is 0 Å². The van der Waals surface area contributed by atoms with Crippen LogP contribution < -0.4 is 4.90 Å². The highest BCUT2D eigenvalue weighted by atomic mass is 16.5. The van der Waals surface area contributed by atoms with Gasteiger partial charge in [-0.15, -0.1) is 0 Å². The highest BCUT2D eigenvalue weighted by molar-refractivity contribution is 4.83. The number of ether oxygens (including phenoxy) is 1. The zero-order valence-corrected chi connectivity index (χ0v) is 8.88. The van der Waals surface area contributed by atoms with Crippen LogP contribution >= 0.6 is 0 Å². The number of rotatable bonds is 1. The monoisotopic (exact) mass is 184 g/mol. The molecule has 0 bridgehead atoms. The number of fused-ring (bicyclic) bond motifs is 1. The molecule has 1 saturated heterocycles. The van der Waals surface area contributed by atoms with Gasteiger partial charge in [-0.3, -0.25) is 0 Å². The Hall–Kier alpha value is -0.0800. The van der Waals surface area contributed by atoms with Gasteiger partial charge in [0, 0.05) is 19.4 Å². The second-order valence-corrected chi connectivity index (χ2v) is 4.71. The number of nitrogens with one attached hydrogen (secondary N) is 1. The average Bonchev–Trinajstić information content (AvgIpc) is 2.19. The summed E-state index contributed by atoms with van der Waals surface area (Å²) in [5.74, 6) is 0.854. The van der Waals surface area contributed by atoms with Crippen LogP contribution in [0.4, 0.5) is 0 Å². The molecule has 2 nitrogen and oxygen atoms in total. The first kappa shape index (κ1) is 9.47. The molecular weight excluding hydrogens is 162 g/mol. The summed E-state index contributed by atoms with van der Waals surface area (Å²) in [5, 5.41) is 0. The number of hydrogen-bond acceptors (Lipinski definition) is 1. The lowest BCUT2D eigenvalue weighted by Gasteiger charge is -2.43. The summed E-state index contributed by atoms with van der Waals surface area (Å²) in [6, 6.07) is 0.896. The fourth-order valence-corrected chi connectivity index (χ4v) is 3.28. The summed E-state index contributed by atoms with van der Waals surface area (Å²) in [4.78, 5) is 1.75. The van der Waals surface area contributed by atoms with E-state index in [0.717, 1.165) is 12.0 Å². The molecule has 1 heterocycles. The van der Waals surface area contributed by atoms with Crippen molar-refractivity contribution < 1.29 is 9.64 Å². The zero-order valence-electron chi connectivity index (χ0n) is 8.88. The molecule has 76 valence electrons. The molecule has 1 aliphatic carbocycles. The van der Waals surface area contributed by atoms with Crippen LogP contribution in [-0.2, 0) is 4.74 Å². The molecule has 0 spiro atoms. The highest BCUT2D eigenvalue weighted by Gasteiger charge is 2.40. The maximum absolute atomic E-state index is 5.60. The number of hydrogen-bond donors (Lipinski definition) is 1. The molecule has 4 unspecified atom stereocenters. The smallest absolute Gasteiger partial charge is 0.0926 e. The first-order valence-corrected chi connectivity index (χ1v) is 5.68. The summed E-state index contributed by atoms with van der Waals surface area (Å²) >= 11 is 0. The third-order valence-corrected chi connectivity index (χ3v) is 4.06. The largest absolute Gasteiger partial charge is 0.381 e. The van der Waals surface area contributed by atoms with Crippen molar-refractivity contribution in [1.82, 2.24) is 0 Å². The Bertz CT molecular complexity index is 171. The van der Waals surface area contributed by atoms with Crippen molar-refractivity contribution in [3.8, 4) is 0 Å². The third kappa shape index (κ3) is 1.75. The molecule has 0 radical (unpaired) electrons. The van der Waals surface area contributed by atoms with E-state index in [1.807, 2.05) is 7.11 Å². The topological polar surface area (TPSA) is 13.7 Å². The molecule has 0 aromatic carbocycles. The lowest BCUT2D eigenvalue weighted by molar-refractivity contribution is -0.918. The normalized spacial score (nSPS) is 45.7. The number of piperidine rings is 1. The van der Waals surface area contributed by atoms with Gasteiger partial charge in [-0.1, -0.05) is 6.42 Å². The van der Waals surface area contributed by atoms with E-state index in [9.17, 15) is 0 Å². The summed E-state index contributed by atoms with van der Waals surface area (Å²) in [5.41, 5.74) is 0. The molecule has 2 fully saturated rings. The summed E-state index contributed by atoms with van der Waals surface area (Å²) in [6.07, 6.45) is 7.53. The van der Waals surface area contributed by atoms with Crippen molar-refractivity contribution in [2.45, 2.75) is 44.2 Å². The molecule has 1 aliphatic heterocycles. The van der Waals surface area contributed by atoms with E-state index in [-0.39, 0.29) is 0 Å². The maximum atomic E-state index is 5.60. The van der Waals surface area contributed by atoms with Gasteiger partial charge >= 0.3 is 0 Å². The van der Waals surface area contributed by atoms with Crippen molar-refractivity contribution in [3.63, 3.8) is 0 Å². The lowest BCUT2D eigenvalue weighted by atomic mass is 9.77. The molecular formula is C11H22NO+. The van der Waals surface area contributed by atoms with Crippen molar-refractivity contribution in [1.29, 1.82) is 0 Å². The van der Waals surface area contributed by atoms with E-state index in [0.29, 0.717) is 6.10 Å². The molecule has 1 N–H and O–H groups in total. The van der Waals surface area contributed by atoms with Crippen molar-refractivity contribution in [2.24, 2.45) is 5.92 Å². The van der Waals surface area contributed by atoms with Crippen molar-refractivity contribution >= 4 is 0 Å². The Labute approximate surface area is 81.3 Å². The van der Waals surface area contributed by atoms with E-state index in [1.165, 1.54) is 38.6 Å². The second kappa shape index (κ2) is 3.97. The van der Waals surface area contributed by atoms with Crippen LogP contribution in [0.1, 0.15) is 32.1 Å². The molecule has 2 rings (SSSR count). The van der Waals surface area contributed by atoms with Gasteiger partial charge in [0.15, 0.2) is 0 Å². The Morgan fingerprint density at radius 2 is 1.92 bits per heavy atom. The Kier molecular flexibility index (Phi) is 2.89. The van der Waals surface area contributed by atoms with Gasteiger partial charge in [0.05, 0.1) is 25.7 Å².